The van der Waals surface area contributed by atoms with E-state index in [2.05, 4.69) is 4.98 Å². The highest BCUT2D eigenvalue weighted by Crippen LogP contribution is 2.25. The lowest BCUT2D eigenvalue weighted by Gasteiger charge is -2.23. The average Bonchev–Trinajstić information content (AvgIpc) is 2.74. The molecule has 0 fully saturated rings. The number of para-hydroxylation sites is 1. The average molecular weight is 276 g/mol. The van der Waals surface area contributed by atoms with Gasteiger partial charge in [0.05, 0.1) is 12.2 Å². The second-order valence-electron chi connectivity index (χ2n) is 5.24. The molecule has 2 N–H and O–H groups in total. The van der Waals surface area contributed by atoms with Crippen LogP contribution in [0.1, 0.15) is 18.3 Å². The first-order valence-electron chi connectivity index (χ1n) is 6.69. The third-order valence-corrected chi connectivity index (χ3v) is 3.29. The van der Waals surface area contributed by atoms with E-state index >= 15 is 0 Å². The summed E-state index contributed by atoms with van der Waals surface area (Å²) in [5, 5.41) is 0. The van der Waals surface area contributed by atoms with Gasteiger partial charge < -0.3 is 15.2 Å². The monoisotopic (exact) mass is 276 g/mol. The molecule has 0 bridgehead atoms. The van der Waals surface area contributed by atoms with Gasteiger partial charge in [-0.1, -0.05) is 12.1 Å². The van der Waals surface area contributed by atoms with E-state index < -0.39 is 0 Å². The minimum atomic E-state index is -0.222. The van der Waals surface area contributed by atoms with Crippen molar-refractivity contribution in [1.29, 1.82) is 0 Å². The van der Waals surface area contributed by atoms with E-state index in [1.54, 1.807) is 12.3 Å². The van der Waals surface area contributed by atoms with Crippen LogP contribution in [0.5, 0.6) is 0 Å². The Balaban J connectivity index is 2.28. The first-order valence-corrected chi connectivity index (χ1v) is 6.69. The number of aryl methyl sites for hydroxylation is 1. The van der Waals surface area contributed by atoms with E-state index in [1.165, 1.54) is 6.07 Å². The number of anilines is 1. The molecule has 4 nitrogen and oxygen atoms in total. The molecule has 2 rings (SSSR count). The number of benzene rings is 1. The predicted octanol–water partition coefficient (Wildman–Crippen LogP) is 2.09. The van der Waals surface area contributed by atoms with Crippen LogP contribution in [0.25, 0.3) is 0 Å². The molecule has 0 aliphatic heterocycles. The summed E-state index contributed by atoms with van der Waals surface area (Å²) in [5.74, 6) is 0.669. The zero-order valence-electron chi connectivity index (χ0n) is 12.2. The fourth-order valence-corrected chi connectivity index (χ4v) is 2.34. The standard InChI is InChI=1S/C15H21FN4/c1-11(17)9-12-5-4-6-13(16)15(12)20(3)10-14-18-7-8-19(14)2/h4-8,11H,9-10,17H2,1-3H3. The molecule has 0 saturated heterocycles. The van der Waals surface area contributed by atoms with Crippen molar-refractivity contribution < 1.29 is 4.39 Å². The van der Waals surface area contributed by atoms with Crippen molar-refractivity contribution >= 4 is 5.69 Å². The summed E-state index contributed by atoms with van der Waals surface area (Å²) in [4.78, 5) is 6.16. The van der Waals surface area contributed by atoms with Gasteiger partial charge >= 0.3 is 0 Å². The molecule has 1 aromatic carbocycles. The Morgan fingerprint density at radius 1 is 1.45 bits per heavy atom. The van der Waals surface area contributed by atoms with Crippen molar-refractivity contribution in [3.05, 3.63) is 47.8 Å². The molecule has 1 unspecified atom stereocenters. The Morgan fingerprint density at radius 2 is 2.20 bits per heavy atom. The van der Waals surface area contributed by atoms with E-state index in [0.29, 0.717) is 18.7 Å². The minimum Gasteiger partial charge on any atom is -0.365 e. The van der Waals surface area contributed by atoms with Crippen molar-refractivity contribution in [3.63, 3.8) is 0 Å². The van der Waals surface area contributed by atoms with Gasteiger partial charge in [-0.3, -0.25) is 0 Å². The SMILES string of the molecule is CC(N)Cc1cccc(F)c1N(C)Cc1nccn1C. The van der Waals surface area contributed by atoms with Crippen LogP contribution in [0.2, 0.25) is 0 Å². The lowest BCUT2D eigenvalue weighted by atomic mass is 10.0. The smallest absolute Gasteiger partial charge is 0.146 e. The van der Waals surface area contributed by atoms with E-state index in [-0.39, 0.29) is 11.9 Å². The van der Waals surface area contributed by atoms with Crippen LogP contribution < -0.4 is 10.6 Å². The molecule has 2 aromatic rings. The Labute approximate surface area is 119 Å². The van der Waals surface area contributed by atoms with Crippen LogP contribution in [0, 0.1) is 5.82 Å². The lowest BCUT2D eigenvalue weighted by molar-refractivity contribution is 0.613. The fraction of sp³-hybridized carbons (Fsp3) is 0.400. The van der Waals surface area contributed by atoms with Gasteiger partial charge in [0.25, 0.3) is 0 Å². The molecule has 1 heterocycles. The summed E-state index contributed by atoms with van der Waals surface area (Å²) in [6, 6.07) is 5.13. The third kappa shape index (κ3) is 3.17. The molecule has 0 radical (unpaired) electrons. The molecule has 20 heavy (non-hydrogen) atoms. The highest BCUT2D eigenvalue weighted by atomic mass is 19.1. The second-order valence-corrected chi connectivity index (χ2v) is 5.24. The summed E-state index contributed by atoms with van der Waals surface area (Å²) in [7, 11) is 3.80. The molecule has 5 heteroatoms. The third-order valence-electron chi connectivity index (χ3n) is 3.29. The largest absolute Gasteiger partial charge is 0.365 e. The fourth-order valence-electron chi connectivity index (χ4n) is 2.34. The number of hydrogen-bond donors (Lipinski definition) is 1. The first-order chi connectivity index (χ1) is 9.49. The summed E-state index contributed by atoms with van der Waals surface area (Å²) in [6.07, 6.45) is 4.28. The van der Waals surface area contributed by atoms with Crippen molar-refractivity contribution in [2.45, 2.75) is 25.9 Å². The highest BCUT2D eigenvalue weighted by molar-refractivity contribution is 5.54. The first kappa shape index (κ1) is 14.5. The number of hydrogen-bond acceptors (Lipinski definition) is 3. The minimum absolute atomic E-state index is 0.00267. The predicted molar refractivity (Wildman–Crippen MR) is 79.1 cm³/mol. The maximum atomic E-state index is 14.2. The van der Waals surface area contributed by atoms with Crippen LogP contribution in [0.15, 0.2) is 30.6 Å². The van der Waals surface area contributed by atoms with Crippen molar-refractivity contribution in [2.24, 2.45) is 12.8 Å². The van der Waals surface area contributed by atoms with Gasteiger partial charge in [0.1, 0.15) is 11.6 Å². The quantitative estimate of drug-likeness (QED) is 0.909. The molecular formula is C15H21FN4. The van der Waals surface area contributed by atoms with Crippen molar-refractivity contribution in [1.82, 2.24) is 9.55 Å². The number of nitrogens with zero attached hydrogens (tertiary/aromatic N) is 3. The number of imidazole rings is 1. The van der Waals surface area contributed by atoms with E-state index in [4.69, 9.17) is 5.73 Å². The van der Waals surface area contributed by atoms with Gasteiger partial charge in [-0.25, -0.2) is 9.37 Å². The van der Waals surface area contributed by atoms with Gasteiger partial charge in [0.15, 0.2) is 0 Å². The van der Waals surface area contributed by atoms with Crippen LogP contribution in [-0.2, 0) is 20.0 Å². The zero-order chi connectivity index (χ0) is 14.7. The van der Waals surface area contributed by atoms with E-state index in [9.17, 15) is 4.39 Å². The number of halogens is 1. The lowest BCUT2D eigenvalue weighted by Crippen LogP contribution is -2.24. The van der Waals surface area contributed by atoms with Crippen LogP contribution in [0.4, 0.5) is 10.1 Å². The topological polar surface area (TPSA) is 47.1 Å². The number of aromatic nitrogens is 2. The van der Waals surface area contributed by atoms with Gasteiger partial charge in [-0.15, -0.1) is 0 Å². The van der Waals surface area contributed by atoms with Crippen LogP contribution in [-0.4, -0.2) is 22.6 Å². The second kappa shape index (κ2) is 6.05. The molecular weight excluding hydrogens is 255 g/mol. The van der Waals surface area contributed by atoms with Gasteiger partial charge in [-0.2, -0.15) is 0 Å². The van der Waals surface area contributed by atoms with Crippen LogP contribution >= 0.6 is 0 Å². The molecule has 0 spiro atoms. The normalized spacial score (nSPS) is 12.4. The molecule has 0 aliphatic rings. The Kier molecular flexibility index (Phi) is 4.39. The molecule has 0 aliphatic carbocycles. The molecule has 1 aromatic heterocycles. The Morgan fingerprint density at radius 3 is 2.80 bits per heavy atom. The maximum absolute atomic E-state index is 14.2. The Bertz CT molecular complexity index is 577. The molecule has 0 amide bonds. The van der Waals surface area contributed by atoms with Crippen molar-refractivity contribution in [3.8, 4) is 0 Å². The molecule has 0 saturated carbocycles. The summed E-state index contributed by atoms with van der Waals surface area (Å²) in [6.45, 7) is 2.48. The molecule has 1 atom stereocenters. The summed E-state index contributed by atoms with van der Waals surface area (Å²) >= 11 is 0. The number of nitrogens with two attached hydrogens (primary N) is 1. The highest BCUT2D eigenvalue weighted by Gasteiger charge is 2.15. The van der Waals surface area contributed by atoms with Gasteiger partial charge in [0, 0.05) is 32.5 Å². The Hall–Kier alpha value is -1.88. The summed E-state index contributed by atoms with van der Waals surface area (Å²) < 4.78 is 16.1. The molecule has 108 valence electrons. The maximum Gasteiger partial charge on any atom is 0.146 e. The van der Waals surface area contributed by atoms with Crippen LogP contribution in [0.3, 0.4) is 0 Å². The van der Waals surface area contributed by atoms with E-state index in [0.717, 1.165) is 11.4 Å². The zero-order valence-corrected chi connectivity index (χ0v) is 12.2. The number of rotatable bonds is 5. The van der Waals surface area contributed by atoms with Gasteiger partial charge in [0.2, 0.25) is 0 Å². The summed E-state index contributed by atoms with van der Waals surface area (Å²) in [5.41, 5.74) is 7.38. The van der Waals surface area contributed by atoms with E-state index in [1.807, 2.05) is 42.7 Å². The van der Waals surface area contributed by atoms with Crippen molar-refractivity contribution in [2.75, 3.05) is 11.9 Å². The van der Waals surface area contributed by atoms with Gasteiger partial charge in [-0.05, 0) is 25.0 Å².